The average molecular weight is 326 g/mol. The molecule has 1 aromatic carbocycles. The van der Waals surface area contributed by atoms with E-state index in [0.29, 0.717) is 5.92 Å². The monoisotopic (exact) mass is 325 g/mol. The first-order valence-electron chi connectivity index (χ1n) is 6.73. The molecule has 1 fully saturated rings. The highest BCUT2D eigenvalue weighted by Gasteiger charge is 2.26. The SMILES string of the molecule is Cc1c(Br)cccc1C(=O)N1CCC([C@@H](C)O)CC1. The molecule has 4 heteroatoms. The largest absolute Gasteiger partial charge is 0.393 e. The number of piperidine rings is 1. The Bertz CT molecular complexity index is 465. The molecule has 0 radical (unpaired) electrons. The van der Waals surface area contributed by atoms with Crippen LogP contribution in [0.4, 0.5) is 0 Å². The first kappa shape index (κ1) is 14.5. The number of amides is 1. The zero-order valence-electron chi connectivity index (χ0n) is 11.4. The summed E-state index contributed by atoms with van der Waals surface area (Å²) < 4.78 is 0.970. The third kappa shape index (κ3) is 3.18. The summed E-state index contributed by atoms with van der Waals surface area (Å²) >= 11 is 3.46. The molecule has 3 nitrogen and oxygen atoms in total. The molecule has 19 heavy (non-hydrogen) atoms. The summed E-state index contributed by atoms with van der Waals surface area (Å²) in [6.07, 6.45) is 1.50. The molecule has 1 aliphatic heterocycles. The number of rotatable bonds is 2. The van der Waals surface area contributed by atoms with E-state index in [9.17, 15) is 9.90 Å². The number of aliphatic hydroxyl groups excluding tert-OH is 1. The summed E-state index contributed by atoms with van der Waals surface area (Å²) in [5.74, 6) is 0.426. The van der Waals surface area contributed by atoms with Crippen LogP contribution in [0.15, 0.2) is 22.7 Å². The summed E-state index contributed by atoms with van der Waals surface area (Å²) in [4.78, 5) is 14.4. The molecule has 1 aromatic rings. The zero-order valence-corrected chi connectivity index (χ0v) is 13.0. The normalized spacial score (nSPS) is 18.4. The molecule has 0 spiro atoms. The van der Waals surface area contributed by atoms with Crippen molar-refractivity contribution >= 4 is 21.8 Å². The van der Waals surface area contributed by atoms with Gasteiger partial charge >= 0.3 is 0 Å². The van der Waals surface area contributed by atoms with Gasteiger partial charge in [0.15, 0.2) is 0 Å². The number of halogens is 1. The van der Waals surface area contributed by atoms with Crippen molar-refractivity contribution in [3.8, 4) is 0 Å². The van der Waals surface area contributed by atoms with Crippen LogP contribution in [-0.4, -0.2) is 35.1 Å². The Kier molecular flexibility index (Phi) is 4.63. The van der Waals surface area contributed by atoms with Crippen LogP contribution in [0.2, 0.25) is 0 Å². The van der Waals surface area contributed by atoms with Crippen LogP contribution in [0.25, 0.3) is 0 Å². The fourth-order valence-electron chi connectivity index (χ4n) is 2.59. The maximum atomic E-state index is 12.5. The van der Waals surface area contributed by atoms with E-state index in [2.05, 4.69) is 15.9 Å². The molecule has 1 aliphatic rings. The molecule has 1 amide bonds. The number of carbonyl (C=O) groups is 1. The third-order valence-electron chi connectivity index (χ3n) is 4.01. The Labute approximate surface area is 122 Å². The fraction of sp³-hybridized carbons (Fsp3) is 0.533. The van der Waals surface area contributed by atoms with Crippen molar-refractivity contribution in [2.24, 2.45) is 5.92 Å². The number of hydrogen-bond acceptors (Lipinski definition) is 2. The van der Waals surface area contributed by atoms with E-state index >= 15 is 0 Å². The van der Waals surface area contributed by atoms with Crippen molar-refractivity contribution < 1.29 is 9.90 Å². The Balaban J connectivity index is 2.07. The predicted molar refractivity (Wildman–Crippen MR) is 79.2 cm³/mol. The van der Waals surface area contributed by atoms with Crippen LogP contribution in [0.1, 0.15) is 35.7 Å². The topological polar surface area (TPSA) is 40.5 Å². The zero-order chi connectivity index (χ0) is 14.0. The molecule has 1 atom stereocenters. The minimum absolute atomic E-state index is 0.0999. The Morgan fingerprint density at radius 1 is 1.42 bits per heavy atom. The highest BCUT2D eigenvalue weighted by molar-refractivity contribution is 9.10. The van der Waals surface area contributed by atoms with Gasteiger partial charge in [-0.15, -0.1) is 0 Å². The van der Waals surface area contributed by atoms with Gasteiger partial charge in [-0.2, -0.15) is 0 Å². The summed E-state index contributed by atoms with van der Waals surface area (Å²) in [5.41, 5.74) is 1.76. The van der Waals surface area contributed by atoms with Gasteiger partial charge < -0.3 is 10.0 Å². The van der Waals surface area contributed by atoms with Crippen LogP contribution in [0.5, 0.6) is 0 Å². The van der Waals surface area contributed by atoms with Gasteiger partial charge in [0.05, 0.1) is 6.10 Å². The summed E-state index contributed by atoms with van der Waals surface area (Å²) in [5, 5.41) is 9.59. The van der Waals surface area contributed by atoms with Crippen molar-refractivity contribution in [2.75, 3.05) is 13.1 Å². The standard InChI is InChI=1S/C15H20BrNO2/c1-10-13(4-3-5-14(10)16)15(19)17-8-6-12(7-9-17)11(2)18/h3-5,11-12,18H,6-9H2,1-2H3/t11-/m1/s1. The van der Waals surface area contributed by atoms with E-state index in [0.717, 1.165) is 41.5 Å². The smallest absolute Gasteiger partial charge is 0.254 e. The fourth-order valence-corrected chi connectivity index (χ4v) is 2.96. The maximum Gasteiger partial charge on any atom is 0.254 e. The van der Waals surface area contributed by atoms with Gasteiger partial charge in [-0.3, -0.25) is 4.79 Å². The van der Waals surface area contributed by atoms with Crippen molar-refractivity contribution in [3.05, 3.63) is 33.8 Å². The molecule has 1 N–H and O–H groups in total. The van der Waals surface area contributed by atoms with Crippen LogP contribution >= 0.6 is 15.9 Å². The number of hydrogen-bond donors (Lipinski definition) is 1. The second-order valence-corrected chi connectivity index (χ2v) is 6.14. The van der Waals surface area contributed by atoms with Crippen molar-refractivity contribution in [2.45, 2.75) is 32.8 Å². The predicted octanol–water partition coefficient (Wildman–Crippen LogP) is 2.99. The highest BCUT2D eigenvalue weighted by atomic mass is 79.9. The first-order valence-corrected chi connectivity index (χ1v) is 7.52. The number of aliphatic hydroxyl groups is 1. The molecule has 0 aromatic heterocycles. The number of benzene rings is 1. The van der Waals surface area contributed by atoms with Gasteiger partial charge in [-0.05, 0) is 50.3 Å². The van der Waals surface area contributed by atoms with E-state index in [4.69, 9.17) is 0 Å². The van der Waals surface area contributed by atoms with Crippen molar-refractivity contribution in [1.82, 2.24) is 4.90 Å². The lowest BCUT2D eigenvalue weighted by atomic mass is 9.91. The lowest BCUT2D eigenvalue weighted by Crippen LogP contribution is -2.41. The number of likely N-dealkylation sites (tertiary alicyclic amines) is 1. The second kappa shape index (κ2) is 6.06. The molecule has 0 saturated carbocycles. The minimum atomic E-state index is -0.273. The molecule has 0 unspecified atom stereocenters. The second-order valence-electron chi connectivity index (χ2n) is 5.28. The average Bonchev–Trinajstić information content (AvgIpc) is 2.41. The Hall–Kier alpha value is -0.870. The molecule has 104 valence electrons. The molecule has 0 aliphatic carbocycles. The maximum absolute atomic E-state index is 12.5. The van der Waals surface area contributed by atoms with E-state index < -0.39 is 0 Å². The van der Waals surface area contributed by atoms with Gasteiger partial charge in [0.1, 0.15) is 0 Å². The quantitative estimate of drug-likeness (QED) is 0.908. The highest BCUT2D eigenvalue weighted by Crippen LogP contribution is 2.25. The van der Waals surface area contributed by atoms with E-state index in [-0.39, 0.29) is 12.0 Å². The van der Waals surface area contributed by atoms with Crippen LogP contribution in [-0.2, 0) is 0 Å². The molecule has 2 rings (SSSR count). The van der Waals surface area contributed by atoms with Gasteiger partial charge in [0.2, 0.25) is 0 Å². The van der Waals surface area contributed by atoms with Crippen LogP contribution < -0.4 is 0 Å². The number of carbonyl (C=O) groups excluding carboxylic acids is 1. The van der Waals surface area contributed by atoms with Crippen LogP contribution in [0.3, 0.4) is 0 Å². The number of nitrogens with zero attached hydrogens (tertiary/aromatic N) is 1. The van der Waals surface area contributed by atoms with Gasteiger partial charge in [0, 0.05) is 23.1 Å². The lowest BCUT2D eigenvalue weighted by molar-refractivity contribution is 0.0521. The van der Waals surface area contributed by atoms with Crippen molar-refractivity contribution in [1.29, 1.82) is 0 Å². The molecule has 0 bridgehead atoms. The van der Waals surface area contributed by atoms with E-state index in [1.165, 1.54) is 0 Å². The van der Waals surface area contributed by atoms with Gasteiger partial charge in [0.25, 0.3) is 5.91 Å². The Morgan fingerprint density at radius 2 is 2.05 bits per heavy atom. The summed E-state index contributed by atoms with van der Waals surface area (Å²) in [6, 6.07) is 5.72. The van der Waals surface area contributed by atoms with Crippen LogP contribution in [0, 0.1) is 12.8 Å². The third-order valence-corrected chi connectivity index (χ3v) is 4.87. The summed E-state index contributed by atoms with van der Waals surface area (Å²) in [7, 11) is 0. The van der Waals surface area contributed by atoms with E-state index in [1.807, 2.05) is 36.9 Å². The molecular formula is C15H20BrNO2. The van der Waals surface area contributed by atoms with E-state index in [1.54, 1.807) is 0 Å². The van der Waals surface area contributed by atoms with Crippen molar-refractivity contribution in [3.63, 3.8) is 0 Å². The lowest BCUT2D eigenvalue weighted by Gasteiger charge is -2.33. The van der Waals surface area contributed by atoms with Gasteiger partial charge in [-0.1, -0.05) is 22.0 Å². The molecule has 1 heterocycles. The Morgan fingerprint density at radius 3 is 2.63 bits per heavy atom. The molecule has 1 saturated heterocycles. The summed E-state index contributed by atoms with van der Waals surface area (Å²) in [6.45, 7) is 5.27. The minimum Gasteiger partial charge on any atom is -0.393 e. The first-order chi connectivity index (χ1) is 9.00. The molecular weight excluding hydrogens is 306 g/mol. The van der Waals surface area contributed by atoms with Gasteiger partial charge in [-0.25, -0.2) is 0 Å².